The summed E-state index contributed by atoms with van der Waals surface area (Å²) in [6, 6.07) is 22.5. The van der Waals surface area contributed by atoms with Crippen LogP contribution in [0, 0.1) is 0 Å². The largest absolute Gasteiger partial charge is 0.457 e. The molecule has 29 heavy (non-hydrogen) atoms. The molecule has 0 N–H and O–H groups in total. The summed E-state index contributed by atoms with van der Waals surface area (Å²) in [5.74, 6) is 2.97. The van der Waals surface area contributed by atoms with Crippen LogP contribution in [0.4, 0.5) is 0 Å². The Balaban J connectivity index is 1.35. The fraction of sp³-hybridized carbons (Fsp3) is 0.0417. The highest BCUT2D eigenvalue weighted by Gasteiger charge is 2.22. The van der Waals surface area contributed by atoms with Gasteiger partial charge in [-0.15, -0.1) is 0 Å². The van der Waals surface area contributed by atoms with Gasteiger partial charge in [0.25, 0.3) is 0 Å². The first-order valence-electron chi connectivity index (χ1n) is 9.13. The van der Waals surface area contributed by atoms with Crippen molar-refractivity contribution >= 4 is 17.8 Å². The summed E-state index contributed by atoms with van der Waals surface area (Å²) in [5, 5.41) is 0. The second-order valence-corrected chi connectivity index (χ2v) is 6.55. The zero-order valence-corrected chi connectivity index (χ0v) is 15.3. The Morgan fingerprint density at radius 3 is 2.41 bits per heavy atom. The fourth-order valence-electron chi connectivity index (χ4n) is 3.13. The summed E-state index contributed by atoms with van der Waals surface area (Å²) in [6.07, 6.45) is 3.50. The smallest absolute Gasteiger partial charge is 0.343 e. The molecule has 0 fully saturated rings. The summed E-state index contributed by atoms with van der Waals surface area (Å²) in [5.41, 5.74) is 2.11. The molecule has 0 unspecified atom stereocenters. The maximum absolute atomic E-state index is 12.3. The number of para-hydroxylation sites is 1. The SMILES string of the molecule is O=C1OC(c2ccc(Oc3ccccc3)cc2)=C/C1=C/c1ccc2c(c1)OCO2. The lowest BCUT2D eigenvalue weighted by atomic mass is 10.1. The predicted octanol–water partition coefficient (Wildman–Crippen LogP) is 5.19. The Bertz CT molecular complexity index is 1130. The highest BCUT2D eigenvalue weighted by molar-refractivity contribution is 6.05. The number of carbonyl (C=O) groups excluding carboxylic acids is 1. The van der Waals surface area contributed by atoms with Crippen molar-refractivity contribution in [3.63, 3.8) is 0 Å². The minimum atomic E-state index is -0.387. The van der Waals surface area contributed by atoms with Crippen molar-refractivity contribution in [2.75, 3.05) is 6.79 Å². The monoisotopic (exact) mass is 384 g/mol. The Morgan fingerprint density at radius 2 is 1.59 bits per heavy atom. The molecule has 0 spiro atoms. The van der Waals surface area contributed by atoms with Crippen LogP contribution in [0.1, 0.15) is 11.1 Å². The first kappa shape index (κ1) is 17.1. The molecule has 5 rings (SSSR count). The van der Waals surface area contributed by atoms with Crippen molar-refractivity contribution < 1.29 is 23.7 Å². The molecule has 0 atom stereocenters. The van der Waals surface area contributed by atoms with Crippen LogP contribution in [0.5, 0.6) is 23.0 Å². The third-order valence-corrected chi connectivity index (χ3v) is 4.56. The van der Waals surface area contributed by atoms with Gasteiger partial charge in [-0.3, -0.25) is 0 Å². The molecule has 2 heterocycles. The van der Waals surface area contributed by atoms with E-state index in [1.54, 1.807) is 12.2 Å². The quantitative estimate of drug-likeness (QED) is 0.458. The highest BCUT2D eigenvalue weighted by Crippen LogP contribution is 2.34. The van der Waals surface area contributed by atoms with Crippen LogP contribution in [-0.2, 0) is 9.53 Å². The van der Waals surface area contributed by atoms with Gasteiger partial charge in [-0.2, -0.15) is 0 Å². The van der Waals surface area contributed by atoms with Gasteiger partial charge in [0, 0.05) is 5.56 Å². The normalized spacial score (nSPS) is 15.9. The van der Waals surface area contributed by atoms with Crippen LogP contribution in [0.2, 0.25) is 0 Å². The lowest BCUT2D eigenvalue weighted by molar-refractivity contribution is -0.130. The maximum atomic E-state index is 12.3. The zero-order valence-electron chi connectivity index (χ0n) is 15.3. The first-order valence-corrected chi connectivity index (χ1v) is 9.13. The van der Waals surface area contributed by atoms with Crippen molar-refractivity contribution in [1.82, 2.24) is 0 Å². The minimum Gasteiger partial charge on any atom is -0.457 e. The molecule has 0 saturated carbocycles. The molecule has 5 nitrogen and oxygen atoms in total. The van der Waals surface area contributed by atoms with E-state index < -0.39 is 0 Å². The molecule has 0 saturated heterocycles. The van der Waals surface area contributed by atoms with E-state index in [1.807, 2.05) is 72.8 Å². The molecule has 0 radical (unpaired) electrons. The standard InChI is InChI=1S/C24H16O5/c25-24-18(12-16-6-11-21-23(13-16)27-15-26-21)14-22(29-24)17-7-9-20(10-8-17)28-19-4-2-1-3-5-19/h1-14H,15H2/b18-12-. The van der Waals surface area contributed by atoms with Crippen LogP contribution >= 0.6 is 0 Å². The summed E-state index contributed by atoms with van der Waals surface area (Å²) in [4.78, 5) is 12.3. The Labute approximate surface area is 167 Å². The van der Waals surface area contributed by atoms with Crippen LogP contribution in [0.25, 0.3) is 11.8 Å². The number of fused-ring (bicyclic) bond motifs is 1. The topological polar surface area (TPSA) is 54.0 Å². The van der Waals surface area contributed by atoms with Crippen LogP contribution in [0.15, 0.2) is 84.4 Å². The lowest BCUT2D eigenvalue weighted by Crippen LogP contribution is -1.97. The molecule has 3 aromatic carbocycles. The number of ether oxygens (including phenoxy) is 4. The Morgan fingerprint density at radius 1 is 0.828 bits per heavy atom. The van der Waals surface area contributed by atoms with Gasteiger partial charge in [-0.25, -0.2) is 4.79 Å². The van der Waals surface area contributed by atoms with Gasteiger partial charge in [0.2, 0.25) is 6.79 Å². The molecule has 5 heteroatoms. The van der Waals surface area contributed by atoms with Crippen LogP contribution in [-0.4, -0.2) is 12.8 Å². The number of carbonyl (C=O) groups is 1. The van der Waals surface area contributed by atoms with Crippen LogP contribution < -0.4 is 14.2 Å². The maximum Gasteiger partial charge on any atom is 0.343 e. The van der Waals surface area contributed by atoms with Gasteiger partial charge >= 0.3 is 5.97 Å². The van der Waals surface area contributed by atoms with Gasteiger partial charge in [0.05, 0.1) is 5.57 Å². The molecule has 2 aliphatic heterocycles. The lowest BCUT2D eigenvalue weighted by Gasteiger charge is -2.06. The molecule has 2 aliphatic rings. The van der Waals surface area contributed by atoms with Gasteiger partial charge < -0.3 is 18.9 Å². The molecule has 3 aromatic rings. The predicted molar refractivity (Wildman–Crippen MR) is 108 cm³/mol. The van der Waals surface area contributed by atoms with E-state index in [0.717, 1.165) is 16.9 Å². The average Bonchev–Trinajstić information content (AvgIpc) is 3.36. The number of cyclic esters (lactones) is 1. The van der Waals surface area contributed by atoms with Gasteiger partial charge in [-0.05, 0) is 66.2 Å². The Kier molecular flexibility index (Phi) is 4.26. The third-order valence-electron chi connectivity index (χ3n) is 4.56. The molecule has 0 aliphatic carbocycles. The fourth-order valence-corrected chi connectivity index (χ4v) is 3.13. The third kappa shape index (κ3) is 3.58. The van der Waals surface area contributed by atoms with E-state index in [0.29, 0.717) is 28.6 Å². The van der Waals surface area contributed by atoms with Crippen LogP contribution in [0.3, 0.4) is 0 Å². The number of esters is 1. The molecule has 0 aromatic heterocycles. The highest BCUT2D eigenvalue weighted by atomic mass is 16.7. The average molecular weight is 384 g/mol. The molecule has 0 bridgehead atoms. The van der Waals surface area contributed by atoms with E-state index >= 15 is 0 Å². The molecular formula is C24H16O5. The van der Waals surface area contributed by atoms with Crippen molar-refractivity contribution in [2.24, 2.45) is 0 Å². The molecule has 142 valence electrons. The van der Waals surface area contributed by atoms with Gasteiger partial charge in [-0.1, -0.05) is 24.3 Å². The van der Waals surface area contributed by atoms with E-state index in [2.05, 4.69) is 0 Å². The zero-order chi connectivity index (χ0) is 19.6. The molecular weight excluding hydrogens is 368 g/mol. The van der Waals surface area contributed by atoms with E-state index in [9.17, 15) is 4.79 Å². The first-order chi connectivity index (χ1) is 14.2. The molecule has 0 amide bonds. The van der Waals surface area contributed by atoms with Gasteiger partial charge in [0.15, 0.2) is 11.5 Å². The Hall–Kier alpha value is -3.99. The number of benzene rings is 3. The number of hydrogen-bond donors (Lipinski definition) is 0. The van der Waals surface area contributed by atoms with Crippen molar-refractivity contribution in [3.05, 3.63) is 95.6 Å². The number of hydrogen-bond acceptors (Lipinski definition) is 5. The van der Waals surface area contributed by atoms with E-state index in [1.165, 1.54) is 0 Å². The van der Waals surface area contributed by atoms with Gasteiger partial charge in [0.1, 0.15) is 17.3 Å². The van der Waals surface area contributed by atoms with Crippen molar-refractivity contribution in [1.29, 1.82) is 0 Å². The minimum absolute atomic E-state index is 0.214. The summed E-state index contributed by atoms with van der Waals surface area (Å²) in [6.45, 7) is 0.214. The summed E-state index contributed by atoms with van der Waals surface area (Å²) < 4.78 is 21.9. The van der Waals surface area contributed by atoms with Crippen molar-refractivity contribution in [2.45, 2.75) is 0 Å². The second kappa shape index (κ2) is 7.20. The number of rotatable bonds is 4. The van der Waals surface area contributed by atoms with E-state index in [4.69, 9.17) is 18.9 Å². The summed E-state index contributed by atoms with van der Waals surface area (Å²) in [7, 11) is 0. The van der Waals surface area contributed by atoms with E-state index in [-0.39, 0.29) is 12.8 Å². The second-order valence-electron chi connectivity index (χ2n) is 6.55. The van der Waals surface area contributed by atoms with Crippen molar-refractivity contribution in [3.8, 4) is 23.0 Å². The summed E-state index contributed by atoms with van der Waals surface area (Å²) >= 11 is 0.